The van der Waals surface area contributed by atoms with Gasteiger partial charge in [0.05, 0.1) is 13.2 Å². The molecule has 0 radical (unpaired) electrons. The number of amides is 1. The Balaban J connectivity index is 2.44. The SMILES string of the molecule is COC(=O)NC1CC(OC)C1(C)C. The molecule has 0 heterocycles. The molecular formula is C9H17NO3. The number of hydrogen-bond acceptors (Lipinski definition) is 3. The van der Waals surface area contributed by atoms with Gasteiger partial charge in [-0.25, -0.2) is 4.79 Å². The average molecular weight is 187 g/mol. The van der Waals surface area contributed by atoms with Crippen LogP contribution in [0.2, 0.25) is 0 Å². The second kappa shape index (κ2) is 3.54. The highest BCUT2D eigenvalue weighted by molar-refractivity contribution is 5.67. The fourth-order valence-corrected chi connectivity index (χ4v) is 1.73. The number of nitrogens with one attached hydrogen (secondary N) is 1. The van der Waals surface area contributed by atoms with Crippen LogP contribution in [0, 0.1) is 5.41 Å². The largest absolute Gasteiger partial charge is 0.453 e. The maximum absolute atomic E-state index is 10.9. The lowest BCUT2D eigenvalue weighted by atomic mass is 9.64. The lowest BCUT2D eigenvalue weighted by Crippen LogP contribution is -2.61. The summed E-state index contributed by atoms with van der Waals surface area (Å²) < 4.78 is 9.78. The van der Waals surface area contributed by atoms with Crippen LogP contribution in [0.5, 0.6) is 0 Å². The number of alkyl carbamates (subject to hydrolysis) is 1. The fraction of sp³-hybridized carbons (Fsp3) is 0.889. The van der Waals surface area contributed by atoms with Gasteiger partial charge >= 0.3 is 6.09 Å². The van der Waals surface area contributed by atoms with Gasteiger partial charge in [0.2, 0.25) is 0 Å². The molecule has 1 amide bonds. The van der Waals surface area contributed by atoms with Crippen molar-refractivity contribution in [3.05, 3.63) is 0 Å². The maximum atomic E-state index is 10.9. The standard InChI is InChI=1S/C9H17NO3/c1-9(2)6(5-7(9)12-3)10-8(11)13-4/h6-7H,5H2,1-4H3,(H,10,11). The maximum Gasteiger partial charge on any atom is 0.407 e. The summed E-state index contributed by atoms with van der Waals surface area (Å²) in [5.74, 6) is 0. The Kier molecular flexibility index (Phi) is 2.81. The van der Waals surface area contributed by atoms with Crippen LogP contribution in [0.3, 0.4) is 0 Å². The molecule has 1 rings (SSSR count). The minimum Gasteiger partial charge on any atom is -0.453 e. The molecule has 0 aromatic carbocycles. The van der Waals surface area contributed by atoms with Crippen molar-refractivity contribution in [3.63, 3.8) is 0 Å². The van der Waals surface area contributed by atoms with Crippen molar-refractivity contribution in [3.8, 4) is 0 Å². The molecule has 1 aliphatic rings. The van der Waals surface area contributed by atoms with Crippen molar-refractivity contribution in [2.45, 2.75) is 32.4 Å². The van der Waals surface area contributed by atoms with Gasteiger partial charge in [-0.1, -0.05) is 13.8 Å². The van der Waals surface area contributed by atoms with Crippen LogP contribution in [0.25, 0.3) is 0 Å². The molecule has 4 nitrogen and oxygen atoms in total. The van der Waals surface area contributed by atoms with Gasteiger partial charge in [0.1, 0.15) is 0 Å². The summed E-state index contributed by atoms with van der Waals surface area (Å²) in [4.78, 5) is 10.9. The lowest BCUT2D eigenvalue weighted by Gasteiger charge is -2.50. The van der Waals surface area contributed by atoms with Gasteiger partial charge in [0.15, 0.2) is 0 Å². The van der Waals surface area contributed by atoms with Crippen LogP contribution in [-0.2, 0) is 9.47 Å². The molecule has 0 aliphatic heterocycles. The highest BCUT2D eigenvalue weighted by Crippen LogP contribution is 2.42. The number of hydrogen-bond donors (Lipinski definition) is 1. The zero-order valence-corrected chi connectivity index (χ0v) is 8.59. The van der Waals surface area contributed by atoms with E-state index in [1.54, 1.807) is 7.11 Å². The Morgan fingerprint density at radius 2 is 2.08 bits per heavy atom. The highest BCUT2D eigenvalue weighted by atomic mass is 16.5. The van der Waals surface area contributed by atoms with Gasteiger partial charge in [-0.05, 0) is 6.42 Å². The Labute approximate surface area is 78.6 Å². The Morgan fingerprint density at radius 1 is 1.46 bits per heavy atom. The molecule has 0 saturated heterocycles. The lowest BCUT2D eigenvalue weighted by molar-refractivity contribution is -0.0952. The molecule has 4 heteroatoms. The van der Waals surface area contributed by atoms with Crippen molar-refractivity contribution >= 4 is 6.09 Å². The van der Waals surface area contributed by atoms with E-state index in [4.69, 9.17) is 4.74 Å². The van der Waals surface area contributed by atoms with E-state index in [1.165, 1.54) is 7.11 Å². The molecule has 13 heavy (non-hydrogen) atoms. The number of methoxy groups -OCH3 is 2. The normalized spacial score (nSPS) is 30.5. The van der Waals surface area contributed by atoms with Gasteiger partial charge in [0, 0.05) is 18.6 Å². The number of ether oxygens (including phenoxy) is 2. The molecule has 76 valence electrons. The van der Waals surface area contributed by atoms with Crippen molar-refractivity contribution in [2.75, 3.05) is 14.2 Å². The first kappa shape index (κ1) is 10.3. The molecular weight excluding hydrogens is 170 g/mol. The van der Waals surface area contributed by atoms with E-state index in [0.717, 1.165) is 6.42 Å². The van der Waals surface area contributed by atoms with Crippen molar-refractivity contribution < 1.29 is 14.3 Å². The van der Waals surface area contributed by atoms with Crippen LogP contribution in [0.4, 0.5) is 4.79 Å². The Morgan fingerprint density at radius 3 is 2.46 bits per heavy atom. The van der Waals surface area contributed by atoms with Crippen LogP contribution in [0.1, 0.15) is 20.3 Å². The van der Waals surface area contributed by atoms with Gasteiger partial charge in [-0.2, -0.15) is 0 Å². The van der Waals surface area contributed by atoms with Crippen molar-refractivity contribution in [1.29, 1.82) is 0 Å². The zero-order chi connectivity index (χ0) is 10.1. The van der Waals surface area contributed by atoms with Gasteiger partial charge in [-0.15, -0.1) is 0 Å². The minimum atomic E-state index is -0.368. The second-order valence-electron chi connectivity index (χ2n) is 3.97. The fourth-order valence-electron chi connectivity index (χ4n) is 1.73. The quantitative estimate of drug-likeness (QED) is 0.705. The van der Waals surface area contributed by atoms with Crippen LogP contribution in [-0.4, -0.2) is 32.5 Å². The van der Waals surface area contributed by atoms with Gasteiger partial charge in [0.25, 0.3) is 0 Å². The summed E-state index contributed by atoms with van der Waals surface area (Å²) in [7, 11) is 3.07. The third-order valence-electron chi connectivity index (χ3n) is 2.94. The van der Waals surface area contributed by atoms with E-state index >= 15 is 0 Å². The number of carbonyl (C=O) groups is 1. The van der Waals surface area contributed by atoms with Crippen LogP contribution < -0.4 is 5.32 Å². The monoisotopic (exact) mass is 187 g/mol. The minimum absolute atomic E-state index is 0.00292. The van der Waals surface area contributed by atoms with Crippen molar-refractivity contribution in [1.82, 2.24) is 5.32 Å². The summed E-state index contributed by atoms with van der Waals surface area (Å²) in [6.45, 7) is 4.15. The van der Waals surface area contributed by atoms with E-state index in [9.17, 15) is 4.79 Å². The predicted octanol–water partition coefficient (Wildman–Crippen LogP) is 1.16. The molecule has 0 aromatic heterocycles. The van der Waals surface area contributed by atoms with E-state index in [0.29, 0.717) is 0 Å². The second-order valence-corrected chi connectivity index (χ2v) is 3.97. The van der Waals surface area contributed by atoms with E-state index in [1.807, 2.05) is 0 Å². The molecule has 1 saturated carbocycles. The van der Waals surface area contributed by atoms with Gasteiger partial charge in [-0.3, -0.25) is 0 Å². The smallest absolute Gasteiger partial charge is 0.407 e. The third-order valence-corrected chi connectivity index (χ3v) is 2.94. The third kappa shape index (κ3) is 1.77. The molecule has 0 spiro atoms. The summed E-state index contributed by atoms with van der Waals surface area (Å²) in [6, 6.07) is 0.157. The molecule has 2 atom stereocenters. The first-order valence-corrected chi connectivity index (χ1v) is 4.39. The highest BCUT2D eigenvalue weighted by Gasteiger charge is 2.49. The summed E-state index contributed by atoms with van der Waals surface area (Å²) in [5.41, 5.74) is 0.00292. The van der Waals surface area contributed by atoms with E-state index < -0.39 is 0 Å². The summed E-state index contributed by atoms with van der Waals surface area (Å²) in [5, 5.41) is 2.78. The summed E-state index contributed by atoms with van der Waals surface area (Å²) in [6.07, 6.45) is 0.723. The zero-order valence-electron chi connectivity index (χ0n) is 8.59. The topological polar surface area (TPSA) is 47.6 Å². The molecule has 1 N–H and O–H groups in total. The molecule has 1 fully saturated rings. The molecule has 0 bridgehead atoms. The van der Waals surface area contributed by atoms with E-state index in [2.05, 4.69) is 23.9 Å². The molecule has 2 unspecified atom stereocenters. The average Bonchev–Trinajstić information content (AvgIpc) is 2.10. The first-order chi connectivity index (χ1) is 6.02. The predicted molar refractivity (Wildman–Crippen MR) is 48.5 cm³/mol. The molecule has 1 aliphatic carbocycles. The first-order valence-electron chi connectivity index (χ1n) is 4.39. The van der Waals surface area contributed by atoms with Gasteiger partial charge < -0.3 is 14.8 Å². The molecule has 0 aromatic rings. The Bertz CT molecular complexity index is 203. The number of rotatable bonds is 2. The van der Waals surface area contributed by atoms with Crippen LogP contribution >= 0.6 is 0 Å². The van der Waals surface area contributed by atoms with E-state index in [-0.39, 0.29) is 23.7 Å². The Hall–Kier alpha value is -0.770. The number of carbonyl (C=O) groups excluding carboxylic acids is 1. The summed E-state index contributed by atoms with van der Waals surface area (Å²) >= 11 is 0. The van der Waals surface area contributed by atoms with Crippen LogP contribution in [0.15, 0.2) is 0 Å². The van der Waals surface area contributed by atoms with Crippen molar-refractivity contribution in [2.24, 2.45) is 5.41 Å².